The van der Waals surface area contributed by atoms with E-state index in [0.29, 0.717) is 13.2 Å². The van der Waals surface area contributed by atoms with Crippen molar-refractivity contribution in [3.63, 3.8) is 0 Å². The van der Waals surface area contributed by atoms with Crippen LogP contribution in [0.4, 0.5) is 0 Å². The summed E-state index contributed by atoms with van der Waals surface area (Å²) in [6, 6.07) is 0. The molecule has 5 nitrogen and oxygen atoms in total. The van der Waals surface area contributed by atoms with Crippen LogP contribution in [0.5, 0.6) is 0 Å². The molecule has 0 unspecified atom stereocenters. The van der Waals surface area contributed by atoms with Crippen molar-refractivity contribution >= 4 is 14.8 Å². The second-order valence-corrected chi connectivity index (χ2v) is 6.00. The molecule has 0 aromatic rings. The molecule has 0 aliphatic heterocycles. The lowest BCUT2D eigenvalue weighted by Gasteiger charge is -2.29. The highest BCUT2D eigenvalue weighted by atomic mass is 28.4. The smallest absolute Gasteiger partial charge is 0.458 e. The molecule has 0 aliphatic rings. The molecule has 0 spiro atoms. The van der Waals surface area contributed by atoms with Crippen LogP contribution in [0.3, 0.4) is 0 Å². The highest BCUT2D eigenvalue weighted by molar-refractivity contribution is 6.60. The Morgan fingerprint density at radius 1 is 1.29 bits per heavy atom. The van der Waals surface area contributed by atoms with E-state index in [-0.39, 0.29) is 12.3 Å². The van der Waals surface area contributed by atoms with Gasteiger partial charge >= 0.3 is 14.8 Å². The van der Waals surface area contributed by atoms with Gasteiger partial charge in [-0.3, -0.25) is 0 Å². The van der Waals surface area contributed by atoms with Crippen LogP contribution in [0.2, 0.25) is 0 Å². The predicted octanol–water partition coefficient (Wildman–Crippen LogP) is 1.69. The summed E-state index contributed by atoms with van der Waals surface area (Å²) >= 11 is 0. The molecule has 0 radical (unpaired) electrons. The van der Waals surface area contributed by atoms with Gasteiger partial charge in [-0.2, -0.15) is 0 Å². The summed E-state index contributed by atoms with van der Waals surface area (Å²) in [5.74, 6) is -0.506. The number of carbonyl (C=O) groups excluding carboxylic acids is 1. The van der Waals surface area contributed by atoms with Gasteiger partial charge in [0.25, 0.3) is 0 Å². The zero-order valence-corrected chi connectivity index (χ0v) is 12.0. The Kier molecular flexibility index (Phi) is 8.06. The van der Waals surface area contributed by atoms with E-state index in [0.717, 1.165) is 6.08 Å². The van der Waals surface area contributed by atoms with Crippen LogP contribution in [0.25, 0.3) is 0 Å². The van der Waals surface area contributed by atoms with Gasteiger partial charge in [-0.25, -0.2) is 4.79 Å². The highest BCUT2D eigenvalue weighted by Gasteiger charge is 2.43. The normalized spacial score (nSPS) is 11.6. The molecule has 0 rings (SSSR count). The van der Waals surface area contributed by atoms with E-state index in [4.69, 9.17) is 18.0 Å². The molecular formula is C11H22O5Si. The van der Waals surface area contributed by atoms with Gasteiger partial charge in [0.05, 0.1) is 0 Å². The molecule has 17 heavy (non-hydrogen) atoms. The van der Waals surface area contributed by atoms with Crippen molar-refractivity contribution in [2.45, 2.75) is 33.8 Å². The third-order valence-corrected chi connectivity index (χ3v) is 4.49. The number of esters is 1. The number of hydrogen-bond acceptors (Lipinski definition) is 5. The van der Waals surface area contributed by atoms with Crippen molar-refractivity contribution < 1.29 is 22.8 Å². The maximum Gasteiger partial charge on any atom is 0.541 e. The first-order chi connectivity index (χ1) is 7.99. The van der Waals surface area contributed by atoms with Crippen LogP contribution in [0.1, 0.15) is 27.7 Å². The SMILES string of the molecule is C=CC(=O)OC[Si](OCC)(OCC)OC(C)C. The fraction of sp³-hybridized carbons (Fsp3) is 0.727. The number of carbonyl (C=O) groups is 1. The minimum atomic E-state index is -2.93. The Morgan fingerprint density at radius 2 is 1.82 bits per heavy atom. The molecule has 0 aliphatic carbocycles. The standard InChI is InChI=1S/C11H22O5Si/c1-6-11(12)13-9-17(14-7-2,15-8-3)16-10(4)5/h6,10H,1,7-9H2,2-5H3. The predicted molar refractivity (Wildman–Crippen MR) is 66.4 cm³/mol. The second-order valence-electron chi connectivity index (χ2n) is 3.53. The largest absolute Gasteiger partial charge is 0.541 e. The van der Waals surface area contributed by atoms with Crippen molar-refractivity contribution in [2.24, 2.45) is 0 Å². The summed E-state index contributed by atoms with van der Waals surface area (Å²) < 4.78 is 21.8. The molecule has 0 saturated carbocycles. The van der Waals surface area contributed by atoms with Crippen molar-refractivity contribution in [2.75, 3.05) is 19.4 Å². The lowest BCUT2D eigenvalue weighted by molar-refractivity contribution is -0.138. The van der Waals surface area contributed by atoms with Gasteiger partial charge in [-0.15, -0.1) is 0 Å². The van der Waals surface area contributed by atoms with Crippen molar-refractivity contribution in [1.82, 2.24) is 0 Å². The van der Waals surface area contributed by atoms with Crippen molar-refractivity contribution in [1.29, 1.82) is 0 Å². The van der Waals surface area contributed by atoms with Gasteiger partial charge in [0.15, 0.2) is 6.23 Å². The topological polar surface area (TPSA) is 54.0 Å². The summed E-state index contributed by atoms with van der Waals surface area (Å²) in [5, 5.41) is 0. The van der Waals surface area contributed by atoms with Crippen LogP contribution in [-0.4, -0.2) is 40.3 Å². The molecule has 0 aromatic carbocycles. The van der Waals surface area contributed by atoms with Crippen molar-refractivity contribution in [3.8, 4) is 0 Å². The van der Waals surface area contributed by atoms with E-state index < -0.39 is 14.8 Å². The summed E-state index contributed by atoms with van der Waals surface area (Å²) in [7, 11) is -2.93. The van der Waals surface area contributed by atoms with Gasteiger partial charge in [0.1, 0.15) is 0 Å². The average Bonchev–Trinajstić information content (AvgIpc) is 2.25. The Hall–Kier alpha value is -0.693. The van der Waals surface area contributed by atoms with Crippen LogP contribution >= 0.6 is 0 Å². The molecule has 0 bridgehead atoms. The third kappa shape index (κ3) is 6.57. The van der Waals surface area contributed by atoms with Crippen LogP contribution in [0, 0.1) is 0 Å². The first kappa shape index (κ1) is 16.3. The first-order valence-corrected chi connectivity index (χ1v) is 7.67. The summed E-state index contributed by atoms with van der Waals surface area (Å²) in [4.78, 5) is 11.1. The molecule has 0 amide bonds. The molecule has 100 valence electrons. The fourth-order valence-corrected chi connectivity index (χ4v) is 3.62. The lowest BCUT2D eigenvalue weighted by atomic mass is 10.5. The van der Waals surface area contributed by atoms with E-state index in [1.165, 1.54) is 0 Å². The minimum absolute atomic E-state index is 0.0116. The van der Waals surface area contributed by atoms with Crippen LogP contribution < -0.4 is 0 Å². The van der Waals surface area contributed by atoms with E-state index >= 15 is 0 Å². The molecule has 0 N–H and O–H groups in total. The molecule has 0 aromatic heterocycles. The van der Waals surface area contributed by atoms with E-state index in [1.807, 2.05) is 27.7 Å². The van der Waals surface area contributed by atoms with Crippen LogP contribution in [0.15, 0.2) is 12.7 Å². The maximum absolute atomic E-state index is 11.1. The van der Waals surface area contributed by atoms with Gasteiger partial charge in [0.2, 0.25) is 0 Å². The van der Waals surface area contributed by atoms with Gasteiger partial charge < -0.3 is 18.0 Å². The van der Waals surface area contributed by atoms with E-state index in [1.54, 1.807) is 0 Å². The summed E-state index contributed by atoms with van der Waals surface area (Å²) in [6.45, 7) is 11.7. The van der Waals surface area contributed by atoms with Gasteiger partial charge in [-0.05, 0) is 27.7 Å². The quantitative estimate of drug-likeness (QED) is 0.359. The number of ether oxygens (including phenoxy) is 1. The monoisotopic (exact) mass is 262 g/mol. The zero-order valence-electron chi connectivity index (χ0n) is 11.0. The molecule has 0 fully saturated rings. The van der Waals surface area contributed by atoms with Gasteiger partial charge in [-0.1, -0.05) is 6.58 Å². The summed E-state index contributed by atoms with van der Waals surface area (Å²) in [6.07, 6.45) is 1.06. The van der Waals surface area contributed by atoms with E-state index in [2.05, 4.69) is 6.58 Å². The van der Waals surface area contributed by atoms with Crippen LogP contribution in [-0.2, 0) is 22.8 Å². The lowest BCUT2D eigenvalue weighted by Crippen LogP contribution is -2.52. The Bertz CT molecular complexity index is 236. The number of rotatable bonds is 9. The Morgan fingerprint density at radius 3 is 2.18 bits per heavy atom. The Balaban J connectivity index is 4.62. The average molecular weight is 262 g/mol. The van der Waals surface area contributed by atoms with Crippen molar-refractivity contribution in [3.05, 3.63) is 12.7 Å². The molecule has 0 atom stereocenters. The number of hydrogen-bond donors (Lipinski definition) is 0. The molecule has 0 heterocycles. The third-order valence-electron chi connectivity index (χ3n) is 1.70. The highest BCUT2D eigenvalue weighted by Crippen LogP contribution is 2.13. The second kappa shape index (κ2) is 8.41. The Labute approximate surface area is 104 Å². The zero-order chi connectivity index (χ0) is 13.3. The van der Waals surface area contributed by atoms with Gasteiger partial charge in [0, 0.05) is 25.4 Å². The molecular weight excluding hydrogens is 240 g/mol. The first-order valence-electron chi connectivity index (χ1n) is 5.74. The molecule has 6 heteroatoms. The molecule has 0 saturated heterocycles. The fourth-order valence-electron chi connectivity index (χ4n) is 1.24. The summed E-state index contributed by atoms with van der Waals surface area (Å²) in [5.41, 5.74) is 0. The maximum atomic E-state index is 11.1. The van der Waals surface area contributed by atoms with E-state index in [9.17, 15) is 4.79 Å². The minimum Gasteiger partial charge on any atom is -0.458 e.